The minimum absolute atomic E-state index is 0.258. The monoisotopic (exact) mass is 157 g/mol. The van der Waals surface area contributed by atoms with E-state index in [2.05, 4.69) is 12.2 Å². The molecule has 1 atom stereocenters. The number of ether oxygens (including phenoxy) is 1. The van der Waals surface area contributed by atoms with E-state index in [-0.39, 0.29) is 12.1 Å². The molecule has 0 bridgehead atoms. The van der Waals surface area contributed by atoms with E-state index in [0.29, 0.717) is 6.61 Å². The molecule has 0 aromatic heterocycles. The summed E-state index contributed by atoms with van der Waals surface area (Å²) < 4.78 is 4.75. The van der Waals surface area contributed by atoms with Gasteiger partial charge in [0.1, 0.15) is 6.61 Å². The second kappa shape index (κ2) is 4.21. The zero-order chi connectivity index (χ0) is 8.10. The maximum Gasteiger partial charge on any atom is 0.407 e. The maximum absolute atomic E-state index is 10.6. The van der Waals surface area contributed by atoms with Crippen LogP contribution in [0.15, 0.2) is 0 Å². The molecule has 0 aromatic carbocycles. The summed E-state index contributed by atoms with van der Waals surface area (Å²) in [7, 11) is 0. The third kappa shape index (κ3) is 2.78. The summed E-state index contributed by atoms with van der Waals surface area (Å²) in [5, 5.41) is 2.75. The summed E-state index contributed by atoms with van der Waals surface area (Å²) in [6.45, 7) is 2.73. The lowest BCUT2D eigenvalue weighted by Gasteiger charge is -2.04. The van der Waals surface area contributed by atoms with Gasteiger partial charge in [-0.3, -0.25) is 0 Å². The van der Waals surface area contributed by atoms with Gasteiger partial charge in [-0.25, -0.2) is 4.79 Å². The topological polar surface area (TPSA) is 38.3 Å². The molecule has 1 aliphatic heterocycles. The molecule has 1 heterocycles. The smallest absolute Gasteiger partial charge is 0.407 e. The van der Waals surface area contributed by atoms with Crippen LogP contribution in [0.25, 0.3) is 0 Å². The van der Waals surface area contributed by atoms with E-state index < -0.39 is 0 Å². The Morgan fingerprint density at radius 1 is 1.64 bits per heavy atom. The van der Waals surface area contributed by atoms with E-state index in [1.54, 1.807) is 0 Å². The number of alkyl carbamates (subject to hydrolysis) is 1. The first-order valence-electron chi connectivity index (χ1n) is 4.26. The summed E-state index contributed by atoms with van der Waals surface area (Å²) in [6.07, 6.45) is 4.45. The second-order valence-electron chi connectivity index (χ2n) is 2.94. The Morgan fingerprint density at radius 3 is 3.00 bits per heavy atom. The lowest BCUT2D eigenvalue weighted by Crippen LogP contribution is -2.25. The number of rotatable bonds is 4. The van der Waals surface area contributed by atoms with Crippen LogP contribution in [-0.2, 0) is 4.74 Å². The molecule has 1 aliphatic rings. The molecule has 0 radical (unpaired) electrons. The highest BCUT2D eigenvalue weighted by atomic mass is 16.6. The zero-order valence-corrected chi connectivity index (χ0v) is 6.93. The number of hydrogen-bond donors (Lipinski definition) is 1. The fourth-order valence-corrected chi connectivity index (χ4v) is 1.22. The Bertz CT molecular complexity index is 136. The average Bonchev–Trinajstić information content (AvgIpc) is 2.37. The molecule has 3 nitrogen and oxygen atoms in total. The summed E-state index contributed by atoms with van der Waals surface area (Å²) in [6, 6.07) is 0.272. The van der Waals surface area contributed by atoms with E-state index in [0.717, 1.165) is 6.42 Å². The minimum Gasteiger partial charge on any atom is -0.447 e. The molecular weight excluding hydrogens is 142 g/mol. The molecule has 11 heavy (non-hydrogen) atoms. The molecule has 0 aliphatic carbocycles. The average molecular weight is 157 g/mol. The summed E-state index contributed by atoms with van der Waals surface area (Å²) >= 11 is 0. The summed E-state index contributed by atoms with van der Waals surface area (Å²) in [4.78, 5) is 10.6. The Balaban J connectivity index is 2.04. The standard InChI is InChI=1S/C8H15NO2/c1-2-3-4-5-7-6-11-8(10)9-7/h7H,2-6H2,1H3,(H,9,10)/t7-/m1/s1. The molecule has 0 spiro atoms. The lowest BCUT2D eigenvalue weighted by atomic mass is 10.1. The molecule has 1 rings (SSSR count). The molecule has 1 N–H and O–H groups in total. The number of carbonyl (C=O) groups is 1. The van der Waals surface area contributed by atoms with Gasteiger partial charge in [0, 0.05) is 0 Å². The van der Waals surface area contributed by atoms with Crippen LogP contribution in [0.5, 0.6) is 0 Å². The van der Waals surface area contributed by atoms with Gasteiger partial charge in [0.15, 0.2) is 0 Å². The highest BCUT2D eigenvalue weighted by Crippen LogP contribution is 2.07. The van der Waals surface area contributed by atoms with Crippen molar-refractivity contribution in [3.8, 4) is 0 Å². The van der Waals surface area contributed by atoms with Crippen molar-refractivity contribution in [2.24, 2.45) is 0 Å². The molecule has 0 saturated carbocycles. The van der Waals surface area contributed by atoms with Crippen LogP contribution >= 0.6 is 0 Å². The number of amides is 1. The van der Waals surface area contributed by atoms with Gasteiger partial charge in [0.05, 0.1) is 6.04 Å². The molecule has 0 unspecified atom stereocenters. The number of hydrogen-bond acceptors (Lipinski definition) is 2. The molecule has 3 heteroatoms. The maximum atomic E-state index is 10.6. The summed E-state index contributed by atoms with van der Waals surface area (Å²) in [5.41, 5.74) is 0. The quantitative estimate of drug-likeness (QED) is 0.630. The highest BCUT2D eigenvalue weighted by molar-refractivity contribution is 5.69. The lowest BCUT2D eigenvalue weighted by molar-refractivity contribution is 0.176. The van der Waals surface area contributed by atoms with Crippen LogP contribution < -0.4 is 5.32 Å². The van der Waals surface area contributed by atoms with Crippen molar-refractivity contribution in [2.75, 3.05) is 6.61 Å². The third-order valence-electron chi connectivity index (χ3n) is 1.89. The van der Waals surface area contributed by atoms with Gasteiger partial charge in [-0.2, -0.15) is 0 Å². The van der Waals surface area contributed by atoms with Crippen LogP contribution in [0, 0.1) is 0 Å². The molecular formula is C8H15NO2. The van der Waals surface area contributed by atoms with Crippen molar-refractivity contribution < 1.29 is 9.53 Å². The highest BCUT2D eigenvalue weighted by Gasteiger charge is 2.20. The number of nitrogens with one attached hydrogen (secondary N) is 1. The van der Waals surface area contributed by atoms with Crippen molar-refractivity contribution in [3.63, 3.8) is 0 Å². The van der Waals surface area contributed by atoms with Gasteiger partial charge in [-0.1, -0.05) is 26.2 Å². The van der Waals surface area contributed by atoms with Crippen molar-refractivity contribution in [3.05, 3.63) is 0 Å². The van der Waals surface area contributed by atoms with Crippen LogP contribution in [0.3, 0.4) is 0 Å². The number of carbonyl (C=O) groups excluding carboxylic acids is 1. The van der Waals surface area contributed by atoms with Crippen molar-refractivity contribution in [1.29, 1.82) is 0 Å². The van der Waals surface area contributed by atoms with Gasteiger partial charge in [0.25, 0.3) is 0 Å². The van der Waals surface area contributed by atoms with Gasteiger partial charge in [-0.05, 0) is 6.42 Å². The Morgan fingerprint density at radius 2 is 2.45 bits per heavy atom. The van der Waals surface area contributed by atoms with E-state index >= 15 is 0 Å². The Hall–Kier alpha value is -0.730. The molecule has 64 valence electrons. The fraction of sp³-hybridized carbons (Fsp3) is 0.875. The van der Waals surface area contributed by atoms with E-state index in [9.17, 15) is 4.79 Å². The van der Waals surface area contributed by atoms with Crippen LogP contribution in [0.2, 0.25) is 0 Å². The largest absolute Gasteiger partial charge is 0.447 e. The van der Waals surface area contributed by atoms with Gasteiger partial charge >= 0.3 is 6.09 Å². The predicted molar refractivity (Wildman–Crippen MR) is 42.4 cm³/mol. The van der Waals surface area contributed by atoms with E-state index in [4.69, 9.17) is 4.74 Å². The molecule has 1 saturated heterocycles. The van der Waals surface area contributed by atoms with Gasteiger partial charge in [-0.15, -0.1) is 0 Å². The first-order valence-corrected chi connectivity index (χ1v) is 4.26. The van der Waals surface area contributed by atoms with Crippen LogP contribution in [-0.4, -0.2) is 18.7 Å². The van der Waals surface area contributed by atoms with Crippen molar-refractivity contribution in [2.45, 2.75) is 38.6 Å². The Labute approximate surface area is 67.1 Å². The normalized spacial score (nSPS) is 23.0. The molecule has 0 aromatic rings. The fourth-order valence-electron chi connectivity index (χ4n) is 1.22. The first-order chi connectivity index (χ1) is 5.33. The van der Waals surface area contributed by atoms with Crippen LogP contribution in [0.1, 0.15) is 32.6 Å². The molecule has 1 fully saturated rings. The predicted octanol–water partition coefficient (Wildman–Crippen LogP) is 1.68. The van der Waals surface area contributed by atoms with Gasteiger partial charge < -0.3 is 10.1 Å². The van der Waals surface area contributed by atoms with Gasteiger partial charge in [0.2, 0.25) is 0 Å². The Kier molecular flexibility index (Phi) is 3.20. The number of cyclic esters (lactones) is 1. The second-order valence-corrected chi connectivity index (χ2v) is 2.94. The minimum atomic E-state index is -0.258. The zero-order valence-electron chi connectivity index (χ0n) is 6.93. The van der Waals surface area contributed by atoms with Crippen LogP contribution in [0.4, 0.5) is 4.79 Å². The number of unbranched alkanes of at least 4 members (excludes halogenated alkanes) is 2. The SMILES string of the molecule is CCCCC[C@@H]1COC(=O)N1. The molecule has 1 amide bonds. The van der Waals surface area contributed by atoms with E-state index in [1.165, 1.54) is 19.3 Å². The van der Waals surface area contributed by atoms with Crippen molar-refractivity contribution in [1.82, 2.24) is 5.32 Å². The van der Waals surface area contributed by atoms with Crippen molar-refractivity contribution >= 4 is 6.09 Å². The summed E-state index contributed by atoms with van der Waals surface area (Å²) in [5.74, 6) is 0. The third-order valence-corrected chi connectivity index (χ3v) is 1.89. The first kappa shape index (κ1) is 8.37. The van der Waals surface area contributed by atoms with E-state index in [1.807, 2.05) is 0 Å².